The fraction of sp³-hybridized carbons (Fsp3) is 0.304. The lowest BCUT2D eigenvalue weighted by molar-refractivity contribution is -0.206. The van der Waals surface area contributed by atoms with Gasteiger partial charge in [0.15, 0.2) is 0 Å². The number of benzene rings is 1. The Bertz CT molecular complexity index is 1260. The standard InChI is InChI=1S/C23H20F3N5O3/c24-23(25,26)22(33)34-19-8-4-3-7-17(19)28-20-12-10-15-9-11-18(31(15)30-20)21(32)29-16-6-2-1-5-14(16)13-27/h1-2,5-6,9-12,17,19H,3-4,7-8H2,(H,28,30)(H,29,32)/t17-,19+/m1/s1. The van der Waals surface area contributed by atoms with E-state index in [1.165, 1.54) is 4.52 Å². The maximum atomic E-state index is 12.9. The summed E-state index contributed by atoms with van der Waals surface area (Å²) in [6.07, 6.45) is -3.80. The van der Waals surface area contributed by atoms with Crippen LogP contribution in [0.15, 0.2) is 48.5 Å². The number of alkyl halides is 3. The van der Waals surface area contributed by atoms with Gasteiger partial charge < -0.3 is 15.4 Å². The first-order valence-corrected chi connectivity index (χ1v) is 10.6. The number of nitrogens with one attached hydrogen (secondary N) is 2. The fourth-order valence-corrected chi connectivity index (χ4v) is 3.91. The highest BCUT2D eigenvalue weighted by Crippen LogP contribution is 2.27. The van der Waals surface area contributed by atoms with Crippen LogP contribution in [0.3, 0.4) is 0 Å². The van der Waals surface area contributed by atoms with Crippen molar-refractivity contribution in [2.24, 2.45) is 0 Å². The summed E-state index contributed by atoms with van der Waals surface area (Å²) in [6, 6.07) is 14.6. The molecular formula is C23H20F3N5O3. The van der Waals surface area contributed by atoms with Gasteiger partial charge in [-0.05, 0) is 55.7 Å². The molecule has 0 bridgehead atoms. The summed E-state index contributed by atoms with van der Waals surface area (Å²) in [5.74, 6) is -2.38. The van der Waals surface area contributed by atoms with Crippen molar-refractivity contribution >= 4 is 28.9 Å². The molecule has 11 heteroatoms. The van der Waals surface area contributed by atoms with Gasteiger partial charge in [0.1, 0.15) is 23.7 Å². The first-order chi connectivity index (χ1) is 16.3. The average molecular weight is 471 g/mol. The molecule has 8 nitrogen and oxygen atoms in total. The minimum absolute atomic E-state index is 0.204. The summed E-state index contributed by atoms with van der Waals surface area (Å²) < 4.78 is 44.1. The van der Waals surface area contributed by atoms with E-state index in [9.17, 15) is 28.0 Å². The number of hydrogen-bond acceptors (Lipinski definition) is 6. The molecule has 176 valence electrons. The molecule has 34 heavy (non-hydrogen) atoms. The predicted molar refractivity (Wildman–Crippen MR) is 116 cm³/mol. The SMILES string of the molecule is N#Cc1ccccc1NC(=O)c1ccc2ccc(N[C@@H]3CCCC[C@@H]3OC(=O)C(F)(F)F)nn12. The third-order valence-electron chi connectivity index (χ3n) is 5.56. The van der Waals surface area contributed by atoms with Crippen LogP contribution in [0.2, 0.25) is 0 Å². The van der Waals surface area contributed by atoms with E-state index >= 15 is 0 Å². The van der Waals surface area contributed by atoms with Gasteiger partial charge in [-0.15, -0.1) is 5.10 Å². The second-order valence-corrected chi connectivity index (χ2v) is 7.86. The minimum atomic E-state index is -5.06. The first kappa shape index (κ1) is 23.1. The smallest absolute Gasteiger partial charge is 0.454 e. The third kappa shape index (κ3) is 4.96. The van der Waals surface area contributed by atoms with Gasteiger partial charge in [-0.25, -0.2) is 9.31 Å². The number of anilines is 2. The second-order valence-electron chi connectivity index (χ2n) is 7.86. The Balaban J connectivity index is 1.54. The summed E-state index contributed by atoms with van der Waals surface area (Å²) in [5, 5.41) is 19.4. The fourth-order valence-electron chi connectivity index (χ4n) is 3.91. The maximum absolute atomic E-state index is 12.9. The lowest BCUT2D eigenvalue weighted by atomic mass is 9.92. The van der Waals surface area contributed by atoms with Gasteiger partial charge in [0.05, 0.1) is 22.8 Å². The van der Waals surface area contributed by atoms with Crippen LogP contribution < -0.4 is 10.6 Å². The van der Waals surface area contributed by atoms with Crippen LogP contribution in [0.25, 0.3) is 5.52 Å². The van der Waals surface area contributed by atoms with Crippen molar-refractivity contribution in [2.75, 3.05) is 10.6 Å². The molecule has 2 heterocycles. The zero-order valence-corrected chi connectivity index (χ0v) is 17.8. The van der Waals surface area contributed by atoms with E-state index in [4.69, 9.17) is 4.74 Å². The van der Waals surface area contributed by atoms with Crippen LogP contribution in [0.5, 0.6) is 0 Å². The molecule has 3 aromatic rings. The Morgan fingerprint density at radius 1 is 1.09 bits per heavy atom. The number of amides is 1. The molecule has 1 aliphatic rings. The highest BCUT2D eigenvalue weighted by Gasteiger charge is 2.43. The van der Waals surface area contributed by atoms with Gasteiger partial charge in [-0.1, -0.05) is 18.6 Å². The van der Waals surface area contributed by atoms with E-state index in [2.05, 4.69) is 15.7 Å². The molecule has 0 aliphatic heterocycles. The predicted octanol–water partition coefficient (Wildman–Crippen LogP) is 4.29. The van der Waals surface area contributed by atoms with Crippen molar-refractivity contribution in [3.8, 4) is 6.07 Å². The molecular weight excluding hydrogens is 451 g/mol. The van der Waals surface area contributed by atoms with Crippen molar-refractivity contribution in [1.82, 2.24) is 9.61 Å². The number of hydrogen-bond donors (Lipinski definition) is 2. The lowest BCUT2D eigenvalue weighted by Gasteiger charge is -2.32. The molecule has 1 fully saturated rings. The monoisotopic (exact) mass is 471 g/mol. The molecule has 0 unspecified atom stereocenters. The van der Waals surface area contributed by atoms with Crippen LogP contribution >= 0.6 is 0 Å². The van der Waals surface area contributed by atoms with E-state index in [0.717, 1.165) is 6.42 Å². The molecule has 0 spiro atoms. The largest absolute Gasteiger partial charge is 0.490 e. The first-order valence-electron chi connectivity index (χ1n) is 10.6. The number of halogens is 3. The summed E-state index contributed by atoms with van der Waals surface area (Å²) >= 11 is 0. The minimum Gasteiger partial charge on any atom is -0.454 e. The maximum Gasteiger partial charge on any atom is 0.490 e. The molecule has 0 saturated heterocycles. The number of nitrogens with zero attached hydrogens (tertiary/aromatic N) is 3. The van der Waals surface area contributed by atoms with Crippen LogP contribution in [0, 0.1) is 11.3 Å². The normalized spacial score (nSPS) is 18.2. The highest BCUT2D eigenvalue weighted by molar-refractivity contribution is 6.04. The average Bonchev–Trinajstić information content (AvgIpc) is 3.23. The number of carbonyl (C=O) groups is 2. The number of esters is 1. The summed E-state index contributed by atoms with van der Waals surface area (Å²) in [6.45, 7) is 0. The van der Waals surface area contributed by atoms with E-state index in [1.54, 1.807) is 48.5 Å². The van der Waals surface area contributed by atoms with Gasteiger partial charge in [-0.2, -0.15) is 18.4 Å². The third-order valence-corrected chi connectivity index (χ3v) is 5.56. The zero-order valence-electron chi connectivity index (χ0n) is 17.8. The number of carbonyl (C=O) groups excluding carboxylic acids is 2. The number of fused-ring (bicyclic) bond motifs is 1. The zero-order chi connectivity index (χ0) is 24.3. The lowest BCUT2D eigenvalue weighted by Crippen LogP contribution is -2.42. The van der Waals surface area contributed by atoms with Gasteiger partial charge in [-0.3, -0.25) is 4.79 Å². The molecule has 0 radical (unpaired) electrons. The second kappa shape index (κ2) is 9.43. The van der Waals surface area contributed by atoms with Gasteiger partial charge in [0.25, 0.3) is 5.91 Å². The van der Waals surface area contributed by atoms with Crippen LogP contribution in [-0.4, -0.2) is 39.8 Å². The highest BCUT2D eigenvalue weighted by atomic mass is 19.4. The molecule has 2 aromatic heterocycles. The molecule has 2 N–H and O–H groups in total. The number of rotatable bonds is 5. The Labute approximate surface area is 192 Å². The van der Waals surface area contributed by atoms with Gasteiger partial charge >= 0.3 is 12.1 Å². The van der Waals surface area contributed by atoms with Crippen molar-refractivity contribution < 1.29 is 27.5 Å². The Morgan fingerprint density at radius 3 is 2.59 bits per heavy atom. The number of ether oxygens (including phenoxy) is 1. The van der Waals surface area contributed by atoms with E-state index in [0.29, 0.717) is 41.8 Å². The van der Waals surface area contributed by atoms with Crippen molar-refractivity contribution in [3.05, 3.63) is 59.8 Å². The number of aromatic nitrogens is 2. The van der Waals surface area contributed by atoms with E-state index < -0.39 is 30.2 Å². The number of para-hydroxylation sites is 1. The Kier molecular flexibility index (Phi) is 6.40. The van der Waals surface area contributed by atoms with Crippen molar-refractivity contribution in [2.45, 2.75) is 44.0 Å². The molecule has 1 amide bonds. The number of nitriles is 1. The van der Waals surface area contributed by atoms with Gasteiger partial charge in [0, 0.05) is 0 Å². The molecule has 1 aliphatic carbocycles. The van der Waals surface area contributed by atoms with Crippen molar-refractivity contribution in [1.29, 1.82) is 5.26 Å². The summed E-state index contributed by atoms with van der Waals surface area (Å²) in [4.78, 5) is 24.2. The van der Waals surface area contributed by atoms with Crippen molar-refractivity contribution in [3.63, 3.8) is 0 Å². The van der Waals surface area contributed by atoms with E-state index in [-0.39, 0.29) is 5.69 Å². The van der Waals surface area contributed by atoms with Crippen LogP contribution in [0.4, 0.5) is 24.7 Å². The molecule has 4 rings (SSSR count). The summed E-state index contributed by atoms with van der Waals surface area (Å²) in [7, 11) is 0. The Morgan fingerprint density at radius 2 is 1.82 bits per heavy atom. The Hall–Kier alpha value is -4.07. The summed E-state index contributed by atoms with van der Waals surface area (Å²) in [5.41, 5.74) is 1.49. The topological polar surface area (TPSA) is 109 Å². The van der Waals surface area contributed by atoms with E-state index in [1.807, 2.05) is 6.07 Å². The molecule has 2 atom stereocenters. The molecule has 1 saturated carbocycles. The van der Waals surface area contributed by atoms with Gasteiger partial charge in [0.2, 0.25) is 0 Å². The quantitative estimate of drug-likeness (QED) is 0.538. The van der Waals surface area contributed by atoms with Crippen LogP contribution in [0.1, 0.15) is 41.7 Å². The van der Waals surface area contributed by atoms with Crippen LogP contribution in [-0.2, 0) is 9.53 Å². The molecule has 1 aromatic carbocycles.